The first-order valence-electron chi connectivity index (χ1n) is 11.6. The maximum atomic E-state index is 13.3. The number of nitrogens with two attached hydrogens (primary N) is 2. The van der Waals surface area contributed by atoms with E-state index in [1.54, 1.807) is 12.4 Å². The minimum atomic E-state index is -0.477. The van der Waals surface area contributed by atoms with Gasteiger partial charge in [-0.3, -0.25) is 9.78 Å². The second-order valence-electron chi connectivity index (χ2n) is 9.48. The van der Waals surface area contributed by atoms with Gasteiger partial charge in [-0.1, -0.05) is 26.2 Å². The van der Waals surface area contributed by atoms with E-state index in [0.717, 1.165) is 36.1 Å². The summed E-state index contributed by atoms with van der Waals surface area (Å²) in [5, 5.41) is 10.2. The number of rotatable bonds is 5. The molecule has 2 aromatic rings. The molecule has 2 saturated carbocycles. The topological polar surface area (TPSA) is 115 Å². The minimum absolute atomic E-state index is 0.0717. The standard InChI is InChI=1S/C25H34N4O2/c1-15-11-17(12-21(27)25(15)31)19-9-10-28-14-18(19)13-23(30)24-20(26)7-8-22(29-24)16-5-3-2-4-6-16/h7-10,14-17,21,25,31H,2-6,11-13,26-27H2,1H3/t15-,17+,21+,25+/m0/s1. The molecule has 31 heavy (non-hydrogen) atoms. The fourth-order valence-electron chi connectivity index (χ4n) is 5.40. The van der Waals surface area contributed by atoms with Crippen LogP contribution < -0.4 is 11.5 Å². The van der Waals surface area contributed by atoms with Crippen LogP contribution in [0.1, 0.15) is 91.0 Å². The first-order chi connectivity index (χ1) is 14.9. The van der Waals surface area contributed by atoms with Crippen LogP contribution in [0.2, 0.25) is 0 Å². The van der Waals surface area contributed by atoms with Crippen molar-refractivity contribution in [2.45, 2.75) is 82.3 Å². The van der Waals surface area contributed by atoms with Crippen molar-refractivity contribution in [2.24, 2.45) is 11.7 Å². The Morgan fingerprint density at radius 1 is 1.13 bits per heavy atom. The van der Waals surface area contributed by atoms with Crippen LogP contribution in [-0.4, -0.2) is 33.0 Å². The first kappa shape index (κ1) is 21.9. The lowest BCUT2D eigenvalue weighted by atomic mass is 9.74. The number of pyridine rings is 2. The molecule has 0 bridgehead atoms. The van der Waals surface area contributed by atoms with Crippen molar-refractivity contribution in [3.05, 3.63) is 53.1 Å². The van der Waals surface area contributed by atoms with E-state index in [1.165, 1.54) is 19.3 Å². The Hall–Kier alpha value is -2.31. The summed E-state index contributed by atoms with van der Waals surface area (Å²) in [6.07, 6.45) is 10.8. The van der Waals surface area contributed by atoms with Gasteiger partial charge < -0.3 is 16.6 Å². The van der Waals surface area contributed by atoms with Gasteiger partial charge in [0.2, 0.25) is 0 Å². The molecule has 2 aliphatic carbocycles. The second-order valence-corrected chi connectivity index (χ2v) is 9.48. The molecule has 4 atom stereocenters. The Morgan fingerprint density at radius 3 is 2.65 bits per heavy atom. The van der Waals surface area contributed by atoms with Gasteiger partial charge >= 0.3 is 0 Å². The van der Waals surface area contributed by atoms with Crippen molar-refractivity contribution in [2.75, 3.05) is 5.73 Å². The van der Waals surface area contributed by atoms with Gasteiger partial charge in [0, 0.05) is 36.5 Å². The fraction of sp³-hybridized carbons (Fsp3) is 0.560. The maximum Gasteiger partial charge on any atom is 0.187 e. The van der Waals surface area contributed by atoms with Crippen LogP contribution in [0.15, 0.2) is 30.6 Å². The molecule has 0 radical (unpaired) electrons. The molecule has 6 heteroatoms. The molecular weight excluding hydrogens is 388 g/mol. The summed E-state index contributed by atoms with van der Waals surface area (Å²) in [6, 6.07) is 5.54. The van der Waals surface area contributed by atoms with E-state index in [9.17, 15) is 9.90 Å². The smallest absolute Gasteiger partial charge is 0.187 e. The van der Waals surface area contributed by atoms with Gasteiger partial charge in [0.1, 0.15) is 5.69 Å². The van der Waals surface area contributed by atoms with E-state index in [1.807, 2.05) is 25.1 Å². The Labute approximate surface area is 184 Å². The third-order valence-electron chi connectivity index (χ3n) is 7.20. The number of ketones is 1. The molecule has 4 rings (SSSR count). The molecule has 0 aliphatic heterocycles. The monoisotopic (exact) mass is 422 g/mol. The highest BCUT2D eigenvalue weighted by Crippen LogP contribution is 2.37. The summed E-state index contributed by atoms with van der Waals surface area (Å²) < 4.78 is 0. The van der Waals surface area contributed by atoms with E-state index in [-0.39, 0.29) is 30.1 Å². The number of anilines is 1. The highest BCUT2D eigenvalue weighted by atomic mass is 16.3. The molecular formula is C25H34N4O2. The molecule has 166 valence electrons. The van der Waals surface area contributed by atoms with Crippen molar-refractivity contribution in [1.82, 2.24) is 9.97 Å². The van der Waals surface area contributed by atoms with Crippen molar-refractivity contribution >= 4 is 11.5 Å². The van der Waals surface area contributed by atoms with E-state index in [0.29, 0.717) is 23.7 Å². The van der Waals surface area contributed by atoms with Gasteiger partial charge in [0.05, 0.1) is 11.8 Å². The number of carbonyl (C=O) groups is 1. The SMILES string of the molecule is C[C@H]1C[C@@H](c2ccncc2CC(=O)c2nc(C3CCCCC3)ccc2N)C[C@@H](N)[C@@H]1O. The molecule has 0 saturated heterocycles. The number of Topliss-reactive ketones (excluding diaryl/α,β-unsaturated/α-hetero) is 1. The van der Waals surface area contributed by atoms with Crippen molar-refractivity contribution in [1.29, 1.82) is 0 Å². The van der Waals surface area contributed by atoms with Crippen LogP contribution in [0.25, 0.3) is 0 Å². The summed E-state index contributed by atoms with van der Waals surface area (Å²) in [5.74, 6) is 0.678. The Kier molecular flexibility index (Phi) is 6.68. The zero-order valence-electron chi connectivity index (χ0n) is 18.3. The van der Waals surface area contributed by atoms with Gasteiger partial charge in [-0.25, -0.2) is 4.98 Å². The normalized spacial score (nSPS) is 27.2. The van der Waals surface area contributed by atoms with Crippen LogP contribution >= 0.6 is 0 Å². The van der Waals surface area contributed by atoms with Crippen LogP contribution in [0.5, 0.6) is 0 Å². The molecule has 2 aliphatic rings. The minimum Gasteiger partial charge on any atom is -0.397 e. The predicted octanol–water partition coefficient (Wildman–Crippen LogP) is 3.73. The number of hydrogen-bond donors (Lipinski definition) is 3. The highest BCUT2D eigenvalue weighted by Gasteiger charge is 2.34. The van der Waals surface area contributed by atoms with Gasteiger partial charge in [-0.05, 0) is 66.8 Å². The number of nitrogens with zero attached hydrogens (tertiary/aromatic N) is 2. The lowest BCUT2D eigenvalue weighted by molar-refractivity contribution is 0.0519. The molecule has 2 aromatic heterocycles. The summed E-state index contributed by atoms with van der Waals surface area (Å²) in [6.45, 7) is 2.03. The van der Waals surface area contributed by atoms with Crippen molar-refractivity contribution < 1.29 is 9.90 Å². The number of aromatic nitrogens is 2. The Bertz CT molecular complexity index is 913. The molecule has 0 spiro atoms. The number of hydrogen-bond acceptors (Lipinski definition) is 6. The number of aliphatic hydroxyl groups is 1. The quantitative estimate of drug-likeness (QED) is 0.632. The van der Waals surface area contributed by atoms with Gasteiger partial charge in [0.15, 0.2) is 5.78 Å². The maximum absolute atomic E-state index is 13.3. The average molecular weight is 423 g/mol. The lowest BCUT2D eigenvalue weighted by Crippen LogP contribution is -2.44. The second kappa shape index (κ2) is 9.45. The fourth-order valence-corrected chi connectivity index (χ4v) is 5.40. The van der Waals surface area contributed by atoms with E-state index in [4.69, 9.17) is 16.5 Å². The molecule has 0 amide bonds. The van der Waals surface area contributed by atoms with Crippen LogP contribution in [0.3, 0.4) is 0 Å². The highest BCUT2D eigenvalue weighted by molar-refractivity contribution is 6.00. The molecule has 0 unspecified atom stereocenters. The Morgan fingerprint density at radius 2 is 1.90 bits per heavy atom. The zero-order valence-corrected chi connectivity index (χ0v) is 18.3. The number of nitrogen functional groups attached to an aromatic ring is 1. The molecule has 6 nitrogen and oxygen atoms in total. The molecule has 2 heterocycles. The number of aliphatic hydroxyl groups excluding tert-OH is 1. The van der Waals surface area contributed by atoms with Crippen molar-refractivity contribution in [3.63, 3.8) is 0 Å². The van der Waals surface area contributed by atoms with Crippen LogP contribution in [-0.2, 0) is 6.42 Å². The lowest BCUT2D eigenvalue weighted by Gasteiger charge is -2.36. The summed E-state index contributed by atoms with van der Waals surface area (Å²) in [4.78, 5) is 22.2. The largest absolute Gasteiger partial charge is 0.397 e. The molecule has 2 fully saturated rings. The van der Waals surface area contributed by atoms with Gasteiger partial charge in [0.25, 0.3) is 0 Å². The van der Waals surface area contributed by atoms with Gasteiger partial charge in [-0.2, -0.15) is 0 Å². The summed E-state index contributed by atoms with van der Waals surface area (Å²) in [7, 11) is 0. The van der Waals surface area contributed by atoms with E-state index < -0.39 is 6.10 Å². The third kappa shape index (κ3) is 4.80. The average Bonchev–Trinajstić information content (AvgIpc) is 2.78. The zero-order chi connectivity index (χ0) is 22.0. The van der Waals surface area contributed by atoms with Crippen LogP contribution in [0, 0.1) is 5.92 Å². The third-order valence-corrected chi connectivity index (χ3v) is 7.20. The predicted molar refractivity (Wildman–Crippen MR) is 122 cm³/mol. The summed E-state index contributed by atoms with van der Waals surface area (Å²) in [5.41, 5.74) is 16.2. The van der Waals surface area contributed by atoms with E-state index in [2.05, 4.69) is 4.98 Å². The first-order valence-corrected chi connectivity index (χ1v) is 11.6. The molecule has 5 N–H and O–H groups in total. The van der Waals surface area contributed by atoms with E-state index >= 15 is 0 Å². The Balaban J connectivity index is 1.56. The van der Waals surface area contributed by atoms with Crippen molar-refractivity contribution in [3.8, 4) is 0 Å². The molecule has 0 aromatic carbocycles. The van der Waals surface area contributed by atoms with Crippen LogP contribution in [0.4, 0.5) is 5.69 Å². The van der Waals surface area contributed by atoms with Gasteiger partial charge in [-0.15, -0.1) is 0 Å². The number of carbonyl (C=O) groups excluding carboxylic acids is 1. The summed E-state index contributed by atoms with van der Waals surface area (Å²) >= 11 is 0.